The lowest BCUT2D eigenvalue weighted by atomic mass is 9.74. The normalized spacial score (nSPS) is 17.4. The van der Waals surface area contributed by atoms with E-state index in [1.165, 1.54) is 63.8 Å². The van der Waals surface area contributed by atoms with Crippen molar-refractivity contribution in [3.8, 4) is 23.0 Å². The zero-order valence-electron chi connectivity index (χ0n) is 52.3. The molecule has 2 aliphatic rings. The molecule has 6 rings (SSSR count). The van der Waals surface area contributed by atoms with Gasteiger partial charge in [0.1, 0.15) is 23.0 Å². The fraction of sp³-hybridized carbons (Fsp3) is 0.642. The molecule has 4 aromatic rings. The molecule has 0 saturated carbocycles. The van der Waals surface area contributed by atoms with E-state index >= 15 is 4.20 Å². The van der Waals surface area contributed by atoms with Crippen LogP contribution in [-0.4, -0.2) is 6.61 Å². The fourth-order valence-electron chi connectivity index (χ4n) is 9.79. The molecule has 0 aromatic heterocycles. The summed E-state index contributed by atoms with van der Waals surface area (Å²) in [5.74, 6) is 3.67. The van der Waals surface area contributed by atoms with Gasteiger partial charge in [-0.3, -0.25) is 4.52 Å². The Morgan fingerprint density at radius 3 is 1.08 bits per heavy atom. The third kappa shape index (κ3) is 15.4. The number of rotatable bonds is 7. The van der Waals surface area contributed by atoms with E-state index in [1.807, 2.05) is 0 Å². The van der Waals surface area contributed by atoms with E-state index < -0.39 is 17.3 Å². The first kappa shape index (κ1) is 62.7. The first-order valence-electron chi connectivity index (χ1n) is 28.3. The minimum absolute atomic E-state index is 0.0134. The summed E-state index contributed by atoms with van der Waals surface area (Å²) >= 11 is 0. The largest absolute Gasteiger partial charge is 0.505 e. The first-order chi connectivity index (χ1) is 34.0. The van der Waals surface area contributed by atoms with Gasteiger partial charge in [-0.25, -0.2) is 0 Å². The van der Waals surface area contributed by atoms with E-state index in [2.05, 4.69) is 235 Å². The number of hydrogen-bond donors (Lipinski definition) is 0. The summed E-state index contributed by atoms with van der Waals surface area (Å²) < 4.78 is 48.0. The fourth-order valence-corrected chi connectivity index (χ4v) is 11.7. The average Bonchev–Trinajstić information content (AvgIpc) is 3.23. The summed E-state index contributed by atoms with van der Waals surface area (Å²) in [7, 11) is -4.27. The lowest BCUT2D eigenvalue weighted by Gasteiger charge is -2.35. The van der Waals surface area contributed by atoms with Crippen molar-refractivity contribution >= 4 is 17.3 Å². The van der Waals surface area contributed by atoms with Gasteiger partial charge >= 0.3 is 17.3 Å². The second-order valence-corrected chi connectivity index (χ2v) is 32.2. The van der Waals surface area contributed by atoms with Crippen LogP contribution in [0.4, 0.5) is 4.20 Å². The van der Waals surface area contributed by atoms with Crippen LogP contribution in [-0.2, 0) is 54.3 Å². The quantitative estimate of drug-likeness (QED) is 0.173. The van der Waals surface area contributed by atoms with Crippen LogP contribution >= 0.6 is 17.3 Å². The van der Waals surface area contributed by atoms with Crippen LogP contribution in [0.5, 0.6) is 23.0 Å². The summed E-state index contributed by atoms with van der Waals surface area (Å²) in [5.41, 5.74) is 13.6. The molecule has 1 unspecified atom stereocenters. The second-order valence-electron chi connectivity index (χ2n) is 30.3. The molecule has 0 N–H and O–H groups in total. The van der Waals surface area contributed by atoms with Crippen molar-refractivity contribution in [1.82, 2.24) is 0 Å². The van der Waals surface area contributed by atoms with E-state index in [1.54, 1.807) is 0 Å². The second kappa shape index (κ2) is 22.5. The predicted octanol–water partition coefficient (Wildman–Crippen LogP) is 21.7. The van der Waals surface area contributed by atoms with Crippen LogP contribution in [0.15, 0.2) is 48.5 Å². The molecule has 0 bridgehead atoms. The number of fused-ring (bicyclic) bond motifs is 4. The maximum Gasteiger partial charge on any atom is 0.505 e. The van der Waals surface area contributed by atoms with Crippen LogP contribution in [0.25, 0.3) is 0 Å². The van der Waals surface area contributed by atoms with E-state index in [0.717, 1.165) is 46.6 Å². The van der Waals surface area contributed by atoms with Gasteiger partial charge in [0.15, 0.2) is 0 Å². The van der Waals surface area contributed by atoms with Gasteiger partial charge in [0.05, 0.1) is 6.61 Å². The highest BCUT2D eigenvalue weighted by Crippen LogP contribution is 2.57. The predicted molar refractivity (Wildman–Crippen MR) is 322 cm³/mol. The summed E-state index contributed by atoms with van der Waals surface area (Å²) in [6.07, 6.45) is 5.46. The number of benzene rings is 4. The maximum atomic E-state index is 15.5. The van der Waals surface area contributed by atoms with Crippen LogP contribution in [0.3, 0.4) is 0 Å². The topological polar surface area (TPSA) is 46.2 Å². The van der Waals surface area contributed by atoms with Gasteiger partial charge in [-0.2, -0.15) is 0 Å². The Morgan fingerprint density at radius 1 is 0.467 bits per heavy atom. The van der Waals surface area contributed by atoms with E-state index in [0.29, 0.717) is 24.0 Å². The van der Waals surface area contributed by atoms with Gasteiger partial charge < -0.3 is 18.1 Å². The molecule has 5 nitrogen and oxygen atoms in total. The molecule has 0 radical (unpaired) electrons. The summed E-state index contributed by atoms with van der Waals surface area (Å²) in [6, 6.07) is 18.3. The molecule has 2 heterocycles. The van der Waals surface area contributed by atoms with Gasteiger partial charge in [-0.15, -0.1) is 4.20 Å². The lowest BCUT2D eigenvalue weighted by Crippen LogP contribution is -2.22. The molecule has 0 spiro atoms. The lowest BCUT2D eigenvalue weighted by molar-refractivity contribution is 0.205. The van der Waals surface area contributed by atoms with Crippen molar-refractivity contribution in [3.05, 3.63) is 115 Å². The smallest absolute Gasteiger partial charge is 0.417 e. The molecule has 4 aromatic carbocycles. The maximum absolute atomic E-state index is 15.5. The van der Waals surface area contributed by atoms with E-state index in [9.17, 15) is 0 Å². The van der Waals surface area contributed by atoms with Crippen molar-refractivity contribution in [2.45, 2.75) is 268 Å². The third-order valence-electron chi connectivity index (χ3n) is 15.2. The van der Waals surface area contributed by atoms with Gasteiger partial charge in [0.2, 0.25) is 0 Å². The standard InChI is InChI=1S/C37H59O3P.C30H44FO2P/c1-15-17-18-25(16-2)24-38-41-39-32-26(20-28(34(3,4)5)22-30(32)36(9,10)11)19-27-21-29(35(6,7)8)23-31(33(27)40-41)37(12,13)14;1-18-21-14-19(27(2,3)4)16-23(29(8,9)10)25(21)32-34(31)33-26-22(18)15-20(28(5,6)7)17-24(26)30(11,12)13/h20-23,25H,15-19,24H2,1-14H3;14-18H,1-13H3. The monoisotopic (exact) mass is 1070 g/mol. The molecule has 1 atom stereocenters. The molecule has 0 saturated heterocycles. The minimum atomic E-state index is -2.63. The molecule has 8 heteroatoms. The van der Waals surface area contributed by atoms with Crippen molar-refractivity contribution in [1.29, 1.82) is 0 Å². The van der Waals surface area contributed by atoms with E-state index in [-0.39, 0.29) is 49.2 Å². The molecular weight excluding hydrogens is 966 g/mol. The number of hydrogen-bond acceptors (Lipinski definition) is 5. The Kier molecular flexibility index (Phi) is 18.8. The molecule has 0 aliphatic carbocycles. The summed E-state index contributed by atoms with van der Waals surface area (Å²) in [5, 5.41) is 0. The van der Waals surface area contributed by atoms with Gasteiger partial charge in [0.25, 0.3) is 0 Å². The Balaban J connectivity index is 0.000000282. The van der Waals surface area contributed by atoms with Crippen molar-refractivity contribution in [3.63, 3.8) is 0 Å². The Bertz CT molecular complexity index is 2460. The Labute approximate surface area is 461 Å². The highest BCUT2D eigenvalue weighted by atomic mass is 31.2. The van der Waals surface area contributed by atoms with Crippen molar-refractivity contribution in [2.24, 2.45) is 5.92 Å². The highest BCUT2D eigenvalue weighted by Gasteiger charge is 2.39. The zero-order valence-corrected chi connectivity index (χ0v) is 54.1. The SMILES string of the molecule is CC1c2cc(C(C)(C)C)cc(C(C)(C)C)c2OP(F)Oc2c1cc(C(C)(C)C)cc2C(C)(C)C.CCCCC(CC)COP1Oc2c(cc(C(C)(C)C)cc2C(C)(C)C)Cc2cc(C(C)(C)C)cc(C(C)(C)C)c2O1. The molecule has 418 valence electrons. The highest BCUT2D eigenvalue weighted by molar-refractivity contribution is 7.42. The first-order valence-corrected chi connectivity index (χ1v) is 30.5. The number of unbranched alkanes of at least 4 members (excludes halogenated alkanes) is 1. The van der Waals surface area contributed by atoms with Gasteiger partial charge in [-0.05, 0) is 89.0 Å². The zero-order chi connectivity index (χ0) is 57.0. The van der Waals surface area contributed by atoms with Gasteiger partial charge in [-0.1, -0.05) is 255 Å². The average molecular weight is 1070 g/mol. The number of halogens is 1. The summed E-state index contributed by atoms with van der Waals surface area (Å²) in [4.78, 5) is 0. The van der Waals surface area contributed by atoms with E-state index in [4.69, 9.17) is 22.6 Å². The Morgan fingerprint density at radius 2 is 0.787 bits per heavy atom. The molecule has 2 aliphatic heterocycles. The van der Waals surface area contributed by atoms with Crippen LogP contribution < -0.4 is 18.1 Å². The third-order valence-corrected chi connectivity index (χ3v) is 16.9. The van der Waals surface area contributed by atoms with Gasteiger partial charge in [0, 0.05) is 45.7 Å². The van der Waals surface area contributed by atoms with Crippen LogP contribution in [0.1, 0.15) is 285 Å². The molecule has 0 fully saturated rings. The van der Waals surface area contributed by atoms with Crippen molar-refractivity contribution in [2.75, 3.05) is 6.61 Å². The molecule has 0 amide bonds. The molecule has 75 heavy (non-hydrogen) atoms. The Hall–Kier alpha value is -3.17. The minimum Gasteiger partial charge on any atom is -0.417 e. The summed E-state index contributed by atoms with van der Waals surface area (Å²) in [6.45, 7) is 61.2. The van der Waals surface area contributed by atoms with Crippen LogP contribution in [0, 0.1) is 5.92 Å². The molecular formula is C67H103FO5P2. The van der Waals surface area contributed by atoms with Crippen LogP contribution in [0.2, 0.25) is 0 Å². The van der Waals surface area contributed by atoms with Crippen molar-refractivity contribution < 1.29 is 26.8 Å².